The number of carbonyl (C=O) groups is 2. The molecule has 2 N–H and O–H groups in total. The molecule has 21 heavy (non-hydrogen) atoms. The van der Waals surface area contributed by atoms with E-state index in [1.807, 2.05) is 42.1 Å². The third-order valence-corrected chi connectivity index (χ3v) is 3.19. The number of hydrogen-bond acceptors (Lipinski definition) is 2. The topological polar surface area (TPSA) is 71.3 Å². The normalized spacial score (nSPS) is 11.9. The van der Waals surface area contributed by atoms with E-state index in [1.54, 1.807) is 18.2 Å². The minimum absolute atomic E-state index is 0.371. The number of amides is 1. The third-order valence-electron chi connectivity index (χ3n) is 3.19. The lowest BCUT2D eigenvalue weighted by Crippen LogP contribution is -2.40. The fourth-order valence-corrected chi connectivity index (χ4v) is 2.10. The monoisotopic (exact) mass is 286 g/mol. The summed E-state index contributed by atoms with van der Waals surface area (Å²) in [7, 11) is 0. The number of carboxylic acid groups (broad SMARTS) is 1. The predicted octanol–water partition coefficient (Wildman–Crippen LogP) is 2.46. The van der Waals surface area contributed by atoms with Crippen LogP contribution in [0.15, 0.2) is 48.8 Å². The summed E-state index contributed by atoms with van der Waals surface area (Å²) in [5.41, 5.74) is 1.30. The summed E-state index contributed by atoms with van der Waals surface area (Å²) >= 11 is 0. The van der Waals surface area contributed by atoms with Crippen molar-refractivity contribution < 1.29 is 14.7 Å². The molecule has 0 fully saturated rings. The number of hydrogen-bond donors (Lipinski definition) is 2. The van der Waals surface area contributed by atoms with Gasteiger partial charge in [-0.2, -0.15) is 0 Å². The largest absolute Gasteiger partial charge is 0.480 e. The fraction of sp³-hybridized carbons (Fsp3) is 0.250. The van der Waals surface area contributed by atoms with Gasteiger partial charge in [0.25, 0.3) is 5.91 Å². The van der Waals surface area contributed by atoms with Crippen molar-refractivity contribution in [3.8, 4) is 5.69 Å². The summed E-state index contributed by atoms with van der Waals surface area (Å²) in [6.07, 6.45) is 4.88. The Kier molecular flexibility index (Phi) is 4.77. The van der Waals surface area contributed by atoms with Crippen LogP contribution in [0.25, 0.3) is 5.69 Å². The van der Waals surface area contributed by atoms with Crippen LogP contribution < -0.4 is 5.32 Å². The van der Waals surface area contributed by atoms with Crippen molar-refractivity contribution in [3.63, 3.8) is 0 Å². The van der Waals surface area contributed by atoms with Crippen LogP contribution in [0.1, 0.15) is 30.1 Å². The van der Waals surface area contributed by atoms with Gasteiger partial charge in [0.05, 0.1) is 0 Å². The average molecular weight is 286 g/mol. The van der Waals surface area contributed by atoms with Crippen molar-refractivity contribution in [2.45, 2.75) is 25.8 Å². The first-order valence-corrected chi connectivity index (χ1v) is 6.89. The first kappa shape index (κ1) is 14.8. The summed E-state index contributed by atoms with van der Waals surface area (Å²) in [6.45, 7) is 1.88. The van der Waals surface area contributed by atoms with E-state index in [0.29, 0.717) is 18.4 Å². The number of rotatable bonds is 6. The van der Waals surface area contributed by atoms with Crippen LogP contribution in [0.3, 0.4) is 0 Å². The Morgan fingerprint density at radius 3 is 2.57 bits per heavy atom. The zero-order valence-electron chi connectivity index (χ0n) is 11.8. The maximum Gasteiger partial charge on any atom is 0.326 e. The van der Waals surface area contributed by atoms with E-state index in [1.165, 1.54) is 0 Å². The van der Waals surface area contributed by atoms with E-state index in [0.717, 1.165) is 5.69 Å². The summed E-state index contributed by atoms with van der Waals surface area (Å²) in [6, 6.07) is 10.0. The molecule has 0 aliphatic heterocycles. The van der Waals surface area contributed by atoms with E-state index in [9.17, 15) is 9.59 Å². The Morgan fingerprint density at radius 1 is 1.24 bits per heavy atom. The molecule has 1 aromatic carbocycles. The van der Waals surface area contributed by atoms with Crippen molar-refractivity contribution in [1.29, 1.82) is 0 Å². The van der Waals surface area contributed by atoms with Crippen molar-refractivity contribution in [1.82, 2.24) is 9.88 Å². The molecule has 0 unspecified atom stereocenters. The van der Waals surface area contributed by atoms with Crippen LogP contribution in [0.4, 0.5) is 0 Å². The quantitative estimate of drug-likeness (QED) is 0.857. The third kappa shape index (κ3) is 3.72. The Hall–Kier alpha value is -2.56. The number of aliphatic carboxylic acids is 1. The zero-order chi connectivity index (χ0) is 15.2. The molecule has 2 aromatic rings. The molecule has 2 rings (SSSR count). The molecule has 5 heteroatoms. The smallest absolute Gasteiger partial charge is 0.326 e. The summed E-state index contributed by atoms with van der Waals surface area (Å²) in [5.74, 6) is -1.38. The van der Waals surface area contributed by atoms with Gasteiger partial charge in [-0.25, -0.2) is 4.79 Å². The minimum Gasteiger partial charge on any atom is -0.480 e. The van der Waals surface area contributed by atoms with Crippen LogP contribution in [-0.2, 0) is 4.79 Å². The second kappa shape index (κ2) is 6.74. The highest BCUT2D eigenvalue weighted by molar-refractivity contribution is 5.97. The predicted molar refractivity (Wildman–Crippen MR) is 79.6 cm³/mol. The van der Waals surface area contributed by atoms with Gasteiger partial charge < -0.3 is 15.0 Å². The molecule has 0 radical (unpaired) electrons. The van der Waals surface area contributed by atoms with E-state index >= 15 is 0 Å². The zero-order valence-corrected chi connectivity index (χ0v) is 11.8. The lowest BCUT2D eigenvalue weighted by Gasteiger charge is -2.14. The molecule has 0 spiro atoms. The van der Waals surface area contributed by atoms with Crippen LogP contribution in [0.2, 0.25) is 0 Å². The van der Waals surface area contributed by atoms with Crippen molar-refractivity contribution in [3.05, 3.63) is 54.4 Å². The van der Waals surface area contributed by atoms with Crippen molar-refractivity contribution in [2.75, 3.05) is 0 Å². The molecule has 0 saturated carbocycles. The standard InChI is InChI=1S/C16H18N2O3/c1-2-6-14(16(20)21)17-15(19)12-7-5-8-13(11-12)18-9-3-4-10-18/h3-5,7-11,14H,2,6H2,1H3,(H,17,19)(H,20,21)/t14-/m1/s1. The summed E-state index contributed by atoms with van der Waals surface area (Å²) in [4.78, 5) is 23.3. The summed E-state index contributed by atoms with van der Waals surface area (Å²) < 4.78 is 1.89. The van der Waals surface area contributed by atoms with Gasteiger partial charge in [-0.1, -0.05) is 19.4 Å². The van der Waals surface area contributed by atoms with E-state index in [-0.39, 0.29) is 5.91 Å². The second-order valence-electron chi connectivity index (χ2n) is 4.79. The van der Waals surface area contributed by atoms with Gasteiger partial charge in [0.15, 0.2) is 0 Å². The average Bonchev–Trinajstić information content (AvgIpc) is 3.01. The number of nitrogens with one attached hydrogen (secondary N) is 1. The van der Waals surface area contributed by atoms with Crippen LogP contribution in [0.5, 0.6) is 0 Å². The molecule has 0 saturated heterocycles. The number of carboxylic acids is 1. The SMILES string of the molecule is CCC[C@@H](NC(=O)c1cccc(-n2cccc2)c1)C(=O)O. The lowest BCUT2D eigenvalue weighted by molar-refractivity contribution is -0.139. The molecule has 1 heterocycles. The van der Waals surface area contributed by atoms with E-state index in [4.69, 9.17) is 5.11 Å². The molecule has 0 aliphatic rings. The fourth-order valence-electron chi connectivity index (χ4n) is 2.10. The molecule has 0 aliphatic carbocycles. The highest BCUT2D eigenvalue weighted by Crippen LogP contribution is 2.11. The van der Waals surface area contributed by atoms with Gasteiger partial charge in [0.2, 0.25) is 0 Å². The van der Waals surface area contributed by atoms with Crippen molar-refractivity contribution >= 4 is 11.9 Å². The lowest BCUT2D eigenvalue weighted by atomic mass is 10.1. The number of carbonyl (C=O) groups excluding carboxylic acids is 1. The van der Waals surface area contributed by atoms with Crippen LogP contribution in [-0.4, -0.2) is 27.6 Å². The van der Waals surface area contributed by atoms with Gasteiger partial charge >= 0.3 is 5.97 Å². The molecule has 1 atom stereocenters. The number of benzene rings is 1. The Labute approximate surface area is 123 Å². The number of nitrogens with zero attached hydrogens (tertiary/aromatic N) is 1. The van der Waals surface area contributed by atoms with Gasteiger partial charge in [0, 0.05) is 23.6 Å². The Bertz CT molecular complexity index is 620. The molecule has 5 nitrogen and oxygen atoms in total. The molecule has 1 amide bonds. The number of aromatic nitrogens is 1. The Morgan fingerprint density at radius 2 is 1.95 bits per heavy atom. The Balaban J connectivity index is 2.16. The first-order valence-electron chi connectivity index (χ1n) is 6.89. The van der Waals surface area contributed by atoms with Gasteiger partial charge in [0.1, 0.15) is 6.04 Å². The molecule has 0 bridgehead atoms. The van der Waals surface area contributed by atoms with Gasteiger partial charge in [-0.15, -0.1) is 0 Å². The molecular weight excluding hydrogens is 268 g/mol. The van der Waals surface area contributed by atoms with E-state index < -0.39 is 12.0 Å². The second-order valence-corrected chi connectivity index (χ2v) is 4.79. The van der Waals surface area contributed by atoms with Crippen molar-refractivity contribution in [2.24, 2.45) is 0 Å². The van der Waals surface area contributed by atoms with Crippen LogP contribution >= 0.6 is 0 Å². The van der Waals surface area contributed by atoms with Crippen LogP contribution in [0, 0.1) is 0 Å². The minimum atomic E-state index is -1.01. The molecule has 110 valence electrons. The first-order chi connectivity index (χ1) is 10.1. The van der Waals surface area contributed by atoms with Gasteiger partial charge in [-0.3, -0.25) is 4.79 Å². The molecule has 1 aromatic heterocycles. The van der Waals surface area contributed by atoms with Gasteiger partial charge in [-0.05, 0) is 36.8 Å². The summed E-state index contributed by atoms with van der Waals surface area (Å²) in [5, 5.41) is 11.6. The maximum atomic E-state index is 12.2. The maximum absolute atomic E-state index is 12.2. The van der Waals surface area contributed by atoms with E-state index in [2.05, 4.69) is 5.32 Å². The molecular formula is C16H18N2O3. The highest BCUT2D eigenvalue weighted by Gasteiger charge is 2.19. The highest BCUT2D eigenvalue weighted by atomic mass is 16.4.